The van der Waals surface area contributed by atoms with Gasteiger partial charge in [0, 0.05) is 11.6 Å². The van der Waals surface area contributed by atoms with Crippen molar-refractivity contribution in [2.45, 2.75) is 19.9 Å². The molecule has 0 spiro atoms. The zero-order valence-corrected chi connectivity index (χ0v) is 11.5. The average Bonchev–Trinajstić information content (AvgIpc) is 2.34. The normalized spacial score (nSPS) is 12.0. The molecule has 3 nitrogen and oxygen atoms in total. The second-order valence-corrected chi connectivity index (χ2v) is 4.85. The first-order valence-electron chi connectivity index (χ1n) is 5.95. The fourth-order valence-corrected chi connectivity index (χ4v) is 1.79. The molecule has 98 valence electrons. The van der Waals surface area contributed by atoms with E-state index in [1.54, 1.807) is 6.08 Å². The predicted octanol–water partition coefficient (Wildman–Crippen LogP) is 3.52. The molecule has 2 N–H and O–H groups in total. The highest BCUT2D eigenvalue weighted by atomic mass is 35.5. The van der Waals surface area contributed by atoms with E-state index in [4.69, 9.17) is 11.6 Å². The molecule has 0 saturated heterocycles. The van der Waals surface area contributed by atoms with Crippen molar-refractivity contribution in [3.8, 4) is 0 Å². The maximum absolute atomic E-state index is 11.7. The SMILES string of the molecule is C=CCNC(=O)N[C@@H](c1ccc(Cl)cc1)C(C)C. The van der Waals surface area contributed by atoms with Crippen LogP contribution in [0.1, 0.15) is 25.5 Å². The Kier molecular flexibility index (Phi) is 5.72. The number of halogens is 1. The Balaban J connectivity index is 2.74. The number of carbonyl (C=O) groups is 1. The van der Waals surface area contributed by atoms with Crippen LogP contribution >= 0.6 is 11.6 Å². The van der Waals surface area contributed by atoms with E-state index in [1.807, 2.05) is 24.3 Å². The van der Waals surface area contributed by atoms with Gasteiger partial charge in [0.05, 0.1) is 6.04 Å². The van der Waals surface area contributed by atoms with Gasteiger partial charge in [0.1, 0.15) is 0 Å². The number of rotatable bonds is 5. The van der Waals surface area contributed by atoms with Crippen LogP contribution in [0, 0.1) is 5.92 Å². The molecule has 1 aromatic rings. The molecule has 0 saturated carbocycles. The van der Waals surface area contributed by atoms with Gasteiger partial charge in [0.15, 0.2) is 0 Å². The monoisotopic (exact) mass is 266 g/mol. The minimum absolute atomic E-state index is 0.0351. The third-order valence-corrected chi connectivity index (χ3v) is 2.84. The Bertz CT molecular complexity index is 401. The summed E-state index contributed by atoms with van der Waals surface area (Å²) in [4.78, 5) is 11.7. The predicted molar refractivity (Wildman–Crippen MR) is 75.8 cm³/mol. The molecule has 0 fully saturated rings. The minimum Gasteiger partial charge on any atom is -0.335 e. The zero-order chi connectivity index (χ0) is 13.5. The molecule has 0 bridgehead atoms. The molecular weight excluding hydrogens is 248 g/mol. The van der Waals surface area contributed by atoms with E-state index >= 15 is 0 Å². The zero-order valence-electron chi connectivity index (χ0n) is 10.7. The van der Waals surface area contributed by atoms with E-state index < -0.39 is 0 Å². The van der Waals surface area contributed by atoms with Gasteiger partial charge in [0.25, 0.3) is 0 Å². The molecule has 0 aliphatic rings. The Hall–Kier alpha value is -1.48. The fraction of sp³-hybridized carbons (Fsp3) is 0.357. The van der Waals surface area contributed by atoms with Crippen molar-refractivity contribution >= 4 is 17.6 Å². The number of amides is 2. The number of urea groups is 1. The lowest BCUT2D eigenvalue weighted by Gasteiger charge is -2.23. The van der Waals surface area contributed by atoms with Crippen LogP contribution in [-0.4, -0.2) is 12.6 Å². The molecule has 0 aliphatic carbocycles. The first-order valence-corrected chi connectivity index (χ1v) is 6.33. The molecule has 0 aromatic heterocycles. The summed E-state index contributed by atoms with van der Waals surface area (Å²) in [6, 6.07) is 7.29. The summed E-state index contributed by atoms with van der Waals surface area (Å²) in [5.74, 6) is 0.292. The standard InChI is InChI=1S/C14H19ClN2O/c1-4-9-16-14(18)17-13(10(2)3)11-5-7-12(15)8-6-11/h4-8,10,13H,1,9H2,2-3H3,(H2,16,17,18)/t13-/m1/s1. The maximum Gasteiger partial charge on any atom is 0.315 e. The third-order valence-electron chi connectivity index (χ3n) is 2.59. The molecular formula is C14H19ClN2O. The third kappa shape index (κ3) is 4.41. The Morgan fingerprint density at radius 2 is 2.00 bits per heavy atom. The van der Waals surface area contributed by atoms with E-state index in [0.717, 1.165) is 5.56 Å². The fourth-order valence-electron chi connectivity index (χ4n) is 1.66. The number of hydrogen-bond donors (Lipinski definition) is 2. The summed E-state index contributed by atoms with van der Waals surface area (Å²) in [5.41, 5.74) is 1.04. The second kappa shape index (κ2) is 7.07. The highest BCUT2D eigenvalue weighted by Gasteiger charge is 2.17. The lowest BCUT2D eigenvalue weighted by Crippen LogP contribution is -2.39. The average molecular weight is 267 g/mol. The van der Waals surface area contributed by atoms with Gasteiger partial charge < -0.3 is 10.6 Å². The van der Waals surface area contributed by atoms with Gasteiger partial charge >= 0.3 is 6.03 Å². The second-order valence-electron chi connectivity index (χ2n) is 4.42. The van der Waals surface area contributed by atoms with Crippen LogP contribution in [0.15, 0.2) is 36.9 Å². The summed E-state index contributed by atoms with van der Waals surface area (Å²) in [6.45, 7) is 8.14. The van der Waals surface area contributed by atoms with Gasteiger partial charge in [-0.25, -0.2) is 4.79 Å². The van der Waals surface area contributed by atoms with E-state index in [-0.39, 0.29) is 12.1 Å². The first-order chi connectivity index (χ1) is 8.54. The molecule has 4 heteroatoms. The van der Waals surface area contributed by atoms with Crippen LogP contribution in [0.2, 0.25) is 5.02 Å². The molecule has 1 rings (SSSR count). The Morgan fingerprint density at radius 1 is 1.39 bits per heavy atom. The number of nitrogens with one attached hydrogen (secondary N) is 2. The van der Waals surface area contributed by atoms with Crippen molar-refractivity contribution < 1.29 is 4.79 Å². The molecule has 0 aliphatic heterocycles. The van der Waals surface area contributed by atoms with E-state index in [9.17, 15) is 4.79 Å². The summed E-state index contributed by atoms with van der Waals surface area (Å²) < 4.78 is 0. The molecule has 18 heavy (non-hydrogen) atoms. The largest absolute Gasteiger partial charge is 0.335 e. The van der Waals surface area contributed by atoms with Crippen molar-refractivity contribution in [1.82, 2.24) is 10.6 Å². The summed E-state index contributed by atoms with van der Waals surface area (Å²) in [7, 11) is 0. The van der Waals surface area contributed by atoms with Crippen LogP contribution in [0.5, 0.6) is 0 Å². The quantitative estimate of drug-likeness (QED) is 0.787. The van der Waals surface area contributed by atoms with Crippen molar-refractivity contribution in [3.05, 3.63) is 47.5 Å². The maximum atomic E-state index is 11.7. The number of benzene rings is 1. The van der Waals surface area contributed by atoms with Crippen molar-refractivity contribution in [1.29, 1.82) is 0 Å². The van der Waals surface area contributed by atoms with Gasteiger partial charge in [-0.1, -0.05) is 43.7 Å². The lowest BCUT2D eigenvalue weighted by atomic mass is 9.96. The minimum atomic E-state index is -0.191. The molecule has 1 atom stereocenters. The Morgan fingerprint density at radius 3 is 2.50 bits per heavy atom. The van der Waals surface area contributed by atoms with Gasteiger partial charge in [-0.15, -0.1) is 6.58 Å². The van der Waals surface area contributed by atoms with Crippen LogP contribution in [0.25, 0.3) is 0 Å². The molecule has 1 aromatic carbocycles. The summed E-state index contributed by atoms with van der Waals surface area (Å²) >= 11 is 5.86. The summed E-state index contributed by atoms with van der Waals surface area (Å²) in [6.07, 6.45) is 1.65. The highest BCUT2D eigenvalue weighted by molar-refractivity contribution is 6.30. The number of carbonyl (C=O) groups excluding carboxylic acids is 1. The first kappa shape index (κ1) is 14.6. The van der Waals surface area contributed by atoms with Crippen molar-refractivity contribution in [2.24, 2.45) is 5.92 Å². The smallest absolute Gasteiger partial charge is 0.315 e. The van der Waals surface area contributed by atoms with Crippen LogP contribution < -0.4 is 10.6 Å². The van der Waals surface area contributed by atoms with Crippen LogP contribution in [0.3, 0.4) is 0 Å². The Labute approximate surface area is 113 Å². The molecule has 0 heterocycles. The molecule has 2 amide bonds. The van der Waals surface area contributed by atoms with Crippen LogP contribution in [0.4, 0.5) is 4.79 Å². The number of hydrogen-bond acceptors (Lipinski definition) is 1. The van der Waals surface area contributed by atoms with Gasteiger partial charge in [-0.3, -0.25) is 0 Å². The van der Waals surface area contributed by atoms with Crippen molar-refractivity contribution in [2.75, 3.05) is 6.54 Å². The van der Waals surface area contributed by atoms with Gasteiger partial charge in [0.2, 0.25) is 0 Å². The van der Waals surface area contributed by atoms with Crippen LogP contribution in [-0.2, 0) is 0 Å². The van der Waals surface area contributed by atoms with Gasteiger partial charge in [-0.05, 0) is 23.6 Å². The van der Waals surface area contributed by atoms with Gasteiger partial charge in [-0.2, -0.15) is 0 Å². The molecule has 0 unspecified atom stereocenters. The topological polar surface area (TPSA) is 41.1 Å². The van der Waals surface area contributed by atoms with E-state index in [0.29, 0.717) is 17.5 Å². The van der Waals surface area contributed by atoms with E-state index in [1.165, 1.54) is 0 Å². The van der Waals surface area contributed by atoms with Crippen molar-refractivity contribution in [3.63, 3.8) is 0 Å². The highest BCUT2D eigenvalue weighted by Crippen LogP contribution is 2.23. The lowest BCUT2D eigenvalue weighted by molar-refractivity contribution is 0.234. The molecule has 0 radical (unpaired) electrons. The van der Waals surface area contributed by atoms with E-state index in [2.05, 4.69) is 31.1 Å². The summed E-state index contributed by atoms with van der Waals surface area (Å²) in [5, 5.41) is 6.34.